The van der Waals surface area contributed by atoms with Crippen molar-refractivity contribution >= 4 is 11.5 Å². The Labute approximate surface area is 143 Å². The summed E-state index contributed by atoms with van der Waals surface area (Å²) in [5, 5.41) is 30.3. The maximum Gasteiger partial charge on any atom is 0.185 e. The monoisotopic (exact) mass is 335 g/mol. The van der Waals surface area contributed by atoms with Crippen LogP contribution in [0.2, 0.25) is 0 Å². The molecule has 0 radical (unpaired) electrons. The fraction of sp³-hybridized carbons (Fsp3) is 0.176. The second-order valence-electron chi connectivity index (χ2n) is 5.72. The van der Waals surface area contributed by atoms with Crippen LogP contribution in [0.1, 0.15) is 11.7 Å². The highest BCUT2D eigenvalue weighted by Crippen LogP contribution is 2.18. The molecule has 4 aromatic rings. The van der Waals surface area contributed by atoms with E-state index in [0.29, 0.717) is 23.8 Å². The zero-order valence-corrected chi connectivity index (χ0v) is 13.6. The van der Waals surface area contributed by atoms with Crippen LogP contribution in [0.4, 0.5) is 5.82 Å². The standard InChI is InChI=1S/C17H17N7O/c1-23-11-13(9-19-23)14(25)10-18-15-7-8-16-20-21-17(24(16)22-15)12-5-3-2-4-6-12/h2-9,11,14,25H,10H2,1H3,(H,18,22). The Morgan fingerprint density at radius 3 is 2.72 bits per heavy atom. The summed E-state index contributed by atoms with van der Waals surface area (Å²) >= 11 is 0. The normalized spacial score (nSPS) is 12.4. The van der Waals surface area contributed by atoms with Crippen LogP contribution >= 0.6 is 0 Å². The van der Waals surface area contributed by atoms with Crippen LogP contribution in [0, 0.1) is 0 Å². The average molecular weight is 335 g/mol. The summed E-state index contributed by atoms with van der Waals surface area (Å²) in [4.78, 5) is 0. The summed E-state index contributed by atoms with van der Waals surface area (Å²) in [5.41, 5.74) is 2.36. The molecule has 0 aliphatic carbocycles. The highest BCUT2D eigenvalue weighted by atomic mass is 16.3. The van der Waals surface area contributed by atoms with E-state index in [1.54, 1.807) is 21.6 Å². The Bertz CT molecular complexity index is 993. The van der Waals surface area contributed by atoms with Crippen LogP contribution in [0.5, 0.6) is 0 Å². The number of nitrogens with one attached hydrogen (secondary N) is 1. The molecule has 1 atom stereocenters. The quantitative estimate of drug-likeness (QED) is 0.576. The number of aromatic nitrogens is 6. The Balaban J connectivity index is 1.56. The molecule has 3 aromatic heterocycles. The van der Waals surface area contributed by atoms with Gasteiger partial charge < -0.3 is 10.4 Å². The Morgan fingerprint density at radius 2 is 1.96 bits per heavy atom. The first-order valence-electron chi connectivity index (χ1n) is 7.89. The first-order chi connectivity index (χ1) is 12.2. The molecule has 4 rings (SSSR count). The van der Waals surface area contributed by atoms with Crippen molar-refractivity contribution in [2.45, 2.75) is 6.10 Å². The van der Waals surface area contributed by atoms with E-state index < -0.39 is 6.10 Å². The van der Waals surface area contributed by atoms with Crippen molar-refractivity contribution in [2.75, 3.05) is 11.9 Å². The van der Waals surface area contributed by atoms with Crippen molar-refractivity contribution in [1.82, 2.24) is 29.6 Å². The Hall–Kier alpha value is -3.26. The van der Waals surface area contributed by atoms with Gasteiger partial charge in [-0.2, -0.15) is 9.61 Å². The second kappa shape index (κ2) is 6.33. The third-order valence-electron chi connectivity index (χ3n) is 3.88. The summed E-state index contributed by atoms with van der Waals surface area (Å²) in [7, 11) is 1.82. The van der Waals surface area contributed by atoms with Gasteiger partial charge in [-0.05, 0) is 12.1 Å². The van der Waals surface area contributed by atoms with E-state index >= 15 is 0 Å². The van der Waals surface area contributed by atoms with Gasteiger partial charge in [-0.1, -0.05) is 30.3 Å². The molecule has 0 aliphatic heterocycles. The van der Waals surface area contributed by atoms with Gasteiger partial charge in [0.25, 0.3) is 0 Å². The van der Waals surface area contributed by atoms with Gasteiger partial charge in [0.05, 0.1) is 12.3 Å². The number of rotatable bonds is 5. The lowest BCUT2D eigenvalue weighted by Gasteiger charge is -2.10. The maximum atomic E-state index is 10.2. The van der Waals surface area contributed by atoms with Gasteiger partial charge in [0, 0.05) is 30.9 Å². The zero-order chi connectivity index (χ0) is 17.2. The smallest absolute Gasteiger partial charge is 0.185 e. The predicted molar refractivity (Wildman–Crippen MR) is 92.9 cm³/mol. The molecule has 8 heteroatoms. The lowest BCUT2D eigenvalue weighted by Crippen LogP contribution is -2.13. The first kappa shape index (κ1) is 15.3. The van der Waals surface area contributed by atoms with Crippen molar-refractivity contribution < 1.29 is 5.11 Å². The van der Waals surface area contributed by atoms with E-state index in [0.717, 1.165) is 11.1 Å². The van der Waals surface area contributed by atoms with Gasteiger partial charge in [0.2, 0.25) is 0 Å². The van der Waals surface area contributed by atoms with E-state index in [1.807, 2.05) is 49.5 Å². The number of benzene rings is 1. The third-order valence-corrected chi connectivity index (χ3v) is 3.88. The number of hydrogen-bond donors (Lipinski definition) is 2. The van der Waals surface area contributed by atoms with Crippen LogP contribution in [-0.2, 0) is 7.05 Å². The van der Waals surface area contributed by atoms with Gasteiger partial charge in [0.15, 0.2) is 11.5 Å². The fourth-order valence-electron chi connectivity index (χ4n) is 2.58. The fourth-order valence-corrected chi connectivity index (χ4v) is 2.58. The van der Waals surface area contributed by atoms with Crippen LogP contribution < -0.4 is 5.32 Å². The van der Waals surface area contributed by atoms with E-state index in [2.05, 4.69) is 25.7 Å². The molecule has 1 unspecified atom stereocenters. The number of nitrogens with zero attached hydrogens (tertiary/aromatic N) is 6. The molecule has 0 saturated heterocycles. The number of aryl methyl sites for hydroxylation is 1. The molecule has 3 heterocycles. The molecular formula is C17H17N7O. The number of anilines is 1. The third kappa shape index (κ3) is 3.07. The highest BCUT2D eigenvalue weighted by Gasteiger charge is 2.12. The number of aliphatic hydroxyl groups excluding tert-OH is 1. The van der Waals surface area contributed by atoms with E-state index in [9.17, 15) is 5.11 Å². The van der Waals surface area contributed by atoms with Gasteiger partial charge in [-0.15, -0.1) is 15.3 Å². The minimum atomic E-state index is -0.666. The lowest BCUT2D eigenvalue weighted by molar-refractivity contribution is 0.191. The largest absolute Gasteiger partial charge is 0.386 e. The lowest BCUT2D eigenvalue weighted by atomic mass is 10.2. The minimum Gasteiger partial charge on any atom is -0.386 e. The van der Waals surface area contributed by atoms with Crippen LogP contribution in [0.25, 0.3) is 17.0 Å². The zero-order valence-electron chi connectivity index (χ0n) is 13.6. The van der Waals surface area contributed by atoms with Gasteiger partial charge in [0.1, 0.15) is 5.82 Å². The summed E-state index contributed by atoms with van der Waals surface area (Å²) in [6, 6.07) is 13.4. The van der Waals surface area contributed by atoms with Crippen molar-refractivity contribution in [3.05, 3.63) is 60.4 Å². The molecule has 2 N–H and O–H groups in total. The van der Waals surface area contributed by atoms with Gasteiger partial charge >= 0.3 is 0 Å². The molecule has 1 aromatic carbocycles. The van der Waals surface area contributed by atoms with Crippen molar-refractivity contribution in [3.8, 4) is 11.4 Å². The summed E-state index contributed by atoms with van der Waals surface area (Å²) in [6.07, 6.45) is 2.77. The maximum absolute atomic E-state index is 10.2. The van der Waals surface area contributed by atoms with Crippen LogP contribution in [0.3, 0.4) is 0 Å². The van der Waals surface area contributed by atoms with Crippen molar-refractivity contribution in [2.24, 2.45) is 7.05 Å². The molecule has 25 heavy (non-hydrogen) atoms. The van der Waals surface area contributed by atoms with E-state index in [1.165, 1.54) is 0 Å². The molecule has 0 saturated carbocycles. The van der Waals surface area contributed by atoms with Crippen molar-refractivity contribution in [1.29, 1.82) is 0 Å². The van der Waals surface area contributed by atoms with Crippen LogP contribution in [-0.4, -0.2) is 41.2 Å². The van der Waals surface area contributed by atoms with Crippen molar-refractivity contribution in [3.63, 3.8) is 0 Å². The molecule has 0 aliphatic rings. The predicted octanol–water partition coefficient (Wildman–Crippen LogP) is 1.67. The molecule has 0 fully saturated rings. The number of aliphatic hydroxyl groups is 1. The minimum absolute atomic E-state index is 0.326. The molecule has 0 bridgehead atoms. The summed E-state index contributed by atoms with van der Waals surface area (Å²) < 4.78 is 3.35. The van der Waals surface area contributed by atoms with Gasteiger partial charge in [-0.25, -0.2) is 0 Å². The van der Waals surface area contributed by atoms with Gasteiger partial charge in [-0.3, -0.25) is 4.68 Å². The van der Waals surface area contributed by atoms with Crippen LogP contribution in [0.15, 0.2) is 54.9 Å². The molecule has 8 nitrogen and oxygen atoms in total. The first-order valence-corrected chi connectivity index (χ1v) is 7.89. The Kier molecular flexibility index (Phi) is 3.87. The topological polar surface area (TPSA) is 93.2 Å². The molecular weight excluding hydrogens is 318 g/mol. The number of fused-ring (bicyclic) bond motifs is 1. The summed E-state index contributed by atoms with van der Waals surface area (Å²) in [6.45, 7) is 0.326. The molecule has 0 amide bonds. The SMILES string of the molecule is Cn1cc(C(O)CNc2ccc3nnc(-c4ccccc4)n3n2)cn1. The van der Waals surface area contributed by atoms with E-state index in [4.69, 9.17) is 0 Å². The second-order valence-corrected chi connectivity index (χ2v) is 5.72. The summed E-state index contributed by atoms with van der Waals surface area (Å²) in [5.74, 6) is 1.31. The number of hydrogen-bond acceptors (Lipinski definition) is 6. The average Bonchev–Trinajstić information content (AvgIpc) is 3.26. The van der Waals surface area contributed by atoms with E-state index in [-0.39, 0.29) is 0 Å². The molecule has 0 spiro atoms. The Morgan fingerprint density at radius 1 is 1.12 bits per heavy atom. The molecule has 126 valence electrons. The highest BCUT2D eigenvalue weighted by molar-refractivity contribution is 5.59.